The van der Waals surface area contributed by atoms with Crippen LogP contribution in [0, 0.1) is 5.92 Å². The highest BCUT2D eigenvalue weighted by atomic mass is 17.2. The van der Waals surface area contributed by atoms with Crippen LogP contribution in [-0.2, 0) is 14.6 Å². The van der Waals surface area contributed by atoms with Crippen LogP contribution < -0.4 is 0 Å². The number of hydrogen-bond donors (Lipinski definition) is 1. The minimum atomic E-state index is -0.602. The maximum atomic E-state index is 10.9. The predicted octanol–water partition coefficient (Wildman–Crippen LogP) is 7.94. The third kappa shape index (κ3) is 18.7. The van der Waals surface area contributed by atoms with Crippen LogP contribution in [0.15, 0.2) is 0 Å². The molecule has 0 radical (unpaired) electrons. The second kappa shape index (κ2) is 17.3. The lowest BCUT2D eigenvalue weighted by atomic mass is 9.95. The Kier molecular flexibility index (Phi) is 18.2. The first-order valence-corrected chi connectivity index (χ1v) is 11.6. The van der Waals surface area contributed by atoms with E-state index in [0.29, 0.717) is 0 Å². The van der Waals surface area contributed by atoms with Crippen LogP contribution in [0.4, 0.5) is 0 Å². The van der Waals surface area contributed by atoms with Crippen molar-refractivity contribution in [3.05, 3.63) is 0 Å². The molecule has 170 valence electrons. The summed E-state index contributed by atoms with van der Waals surface area (Å²) in [7, 11) is 0. The van der Waals surface area contributed by atoms with Gasteiger partial charge in [0.05, 0.1) is 17.1 Å². The summed E-state index contributed by atoms with van der Waals surface area (Å²) in [5.41, 5.74) is -0.334. The Balaban J connectivity index is 0. The normalized spacial score (nSPS) is 13.0. The van der Waals surface area contributed by atoms with E-state index in [0.717, 1.165) is 57.8 Å². The highest BCUT2D eigenvalue weighted by Crippen LogP contribution is 2.23. The molecule has 1 N–H and O–H groups in total. The van der Waals surface area contributed by atoms with Crippen LogP contribution >= 0.6 is 0 Å². The molecule has 0 amide bonds. The molecule has 1 atom stereocenters. The van der Waals surface area contributed by atoms with Gasteiger partial charge >= 0.3 is 5.97 Å². The average molecular weight is 403 g/mol. The van der Waals surface area contributed by atoms with Gasteiger partial charge in [-0.3, -0.25) is 4.79 Å². The van der Waals surface area contributed by atoms with Crippen molar-refractivity contribution in [3.8, 4) is 0 Å². The molecule has 0 aliphatic carbocycles. The molecule has 0 saturated heterocycles. The lowest BCUT2D eigenvalue weighted by molar-refractivity contribution is -0.402. The van der Waals surface area contributed by atoms with Crippen LogP contribution in [0.25, 0.3) is 0 Å². The molecule has 4 heteroatoms. The van der Waals surface area contributed by atoms with E-state index in [1.54, 1.807) is 0 Å². The summed E-state index contributed by atoms with van der Waals surface area (Å²) in [6.45, 7) is 16.9. The van der Waals surface area contributed by atoms with Crippen LogP contribution in [-0.4, -0.2) is 22.3 Å². The van der Waals surface area contributed by atoms with Gasteiger partial charge in [0, 0.05) is 0 Å². The zero-order valence-electron chi connectivity index (χ0n) is 20.2. The van der Waals surface area contributed by atoms with Crippen molar-refractivity contribution < 1.29 is 19.7 Å². The quantitative estimate of drug-likeness (QED) is 0.162. The summed E-state index contributed by atoms with van der Waals surface area (Å²) in [6.07, 6.45) is 12.9. The van der Waals surface area contributed by atoms with Crippen molar-refractivity contribution in [3.63, 3.8) is 0 Å². The molecule has 0 bridgehead atoms. The summed E-state index contributed by atoms with van der Waals surface area (Å²) < 4.78 is 0. The lowest BCUT2D eigenvalue weighted by Crippen LogP contribution is -2.32. The molecule has 0 saturated carbocycles. The van der Waals surface area contributed by atoms with E-state index >= 15 is 0 Å². The Morgan fingerprint density at radius 1 is 0.714 bits per heavy atom. The summed E-state index contributed by atoms with van der Waals surface area (Å²) in [6, 6.07) is 0. The second-order valence-electron chi connectivity index (χ2n) is 9.21. The first-order valence-electron chi connectivity index (χ1n) is 11.6. The number of unbranched alkanes of at least 4 members (excludes halogenated alkanes) is 4. The molecule has 0 rings (SSSR count). The smallest absolute Gasteiger partial charge is 0.306 e. The average Bonchev–Trinajstić information content (AvgIpc) is 2.60. The molecule has 0 heterocycles. The Bertz CT molecular complexity index is 346. The molecule has 0 aromatic rings. The highest BCUT2D eigenvalue weighted by molar-refractivity contribution is 5.69. The SMILES string of the molecule is CCCC(C)(C)OOC(C)(C)CCC.CCCCCCC(CCCC)C(=O)O. The van der Waals surface area contributed by atoms with Crippen molar-refractivity contribution in [2.24, 2.45) is 5.92 Å². The largest absolute Gasteiger partial charge is 0.481 e. The lowest BCUT2D eigenvalue weighted by Gasteiger charge is -2.30. The maximum Gasteiger partial charge on any atom is 0.306 e. The van der Waals surface area contributed by atoms with Crippen molar-refractivity contribution >= 4 is 5.97 Å². The van der Waals surface area contributed by atoms with Gasteiger partial charge in [0.2, 0.25) is 0 Å². The highest BCUT2D eigenvalue weighted by Gasteiger charge is 2.25. The zero-order valence-corrected chi connectivity index (χ0v) is 20.2. The summed E-state index contributed by atoms with van der Waals surface area (Å²) in [5.74, 6) is -0.693. The molecule has 0 aliphatic rings. The molecule has 0 aromatic heterocycles. The molecule has 0 aromatic carbocycles. The number of carboxylic acids is 1. The van der Waals surface area contributed by atoms with E-state index < -0.39 is 5.97 Å². The van der Waals surface area contributed by atoms with Crippen LogP contribution in [0.2, 0.25) is 0 Å². The second-order valence-corrected chi connectivity index (χ2v) is 9.21. The number of aliphatic carboxylic acids is 1. The number of carbonyl (C=O) groups is 1. The number of rotatable bonds is 16. The summed E-state index contributed by atoms with van der Waals surface area (Å²) >= 11 is 0. The Morgan fingerprint density at radius 3 is 1.50 bits per heavy atom. The van der Waals surface area contributed by atoms with Crippen LogP contribution in [0.1, 0.15) is 132 Å². The zero-order chi connectivity index (χ0) is 22.1. The Labute approximate surface area is 175 Å². The van der Waals surface area contributed by atoms with Crippen molar-refractivity contribution in [2.45, 2.75) is 144 Å². The molecule has 1 unspecified atom stereocenters. The van der Waals surface area contributed by atoms with Gasteiger partial charge < -0.3 is 5.11 Å². The van der Waals surface area contributed by atoms with Crippen molar-refractivity contribution in [1.82, 2.24) is 0 Å². The van der Waals surface area contributed by atoms with E-state index in [9.17, 15) is 4.79 Å². The molecular weight excluding hydrogens is 352 g/mol. The van der Waals surface area contributed by atoms with E-state index in [2.05, 4.69) is 55.4 Å². The van der Waals surface area contributed by atoms with Gasteiger partial charge in [-0.2, -0.15) is 0 Å². The van der Waals surface area contributed by atoms with Crippen molar-refractivity contribution in [1.29, 1.82) is 0 Å². The van der Waals surface area contributed by atoms with Gasteiger partial charge in [-0.15, -0.1) is 0 Å². The summed E-state index contributed by atoms with van der Waals surface area (Å²) in [5, 5.41) is 8.96. The van der Waals surface area contributed by atoms with Gasteiger partial charge in [0.1, 0.15) is 0 Å². The minimum Gasteiger partial charge on any atom is -0.481 e. The van der Waals surface area contributed by atoms with Crippen LogP contribution in [0.3, 0.4) is 0 Å². The van der Waals surface area contributed by atoms with Gasteiger partial charge in [0.15, 0.2) is 0 Å². The molecular formula is C24H50O4. The number of carboxylic acid groups (broad SMARTS) is 1. The molecule has 0 spiro atoms. The number of hydrogen-bond acceptors (Lipinski definition) is 3. The third-order valence-corrected chi connectivity index (χ3v) is 4.86. The predicted molar refractivity (Wildman–Crippen MR) is 120 cm³/mol. The van der Waals surface area contributed by atoms with Crippen LogP contribution in [0.5, 0.6) is 0 Å². The van der Waals surface area contributed by atoms with Gasteiger partial charge in [-0.1, -0.05) is 79.1 Å². The van der Waals surface area contributed by atoms with E-state index in [1.165, 1.54) is 19.3 Å². The molecule has 28 heavy (non-hydrogen) atoms. The monoisotopic (exact) mass is 402 g/mol. The minimum absolute atomic E-state index is 0.0909. The maximum absolute atomic E-state index is 10.9. The Morgan fingerprint density at radius 2 is 1.14 bits per heavy atom. The topological polar surface area (TPSA) is 55.8 Å². The van der Waals surface area contributed by atoms with Gasteiger partial charge in [-0.25, -0.2) is 9.78 Å². The van der Waals surface area contributed by atoms with Gasteiger partial charge in [-0.05, 0) is 53.4 Å². The fourth-order valence-electron chi connectivity index (χ4n) is 3.17. The summed E-state index contributed by atoms with van der Waals surface area (Å²) in [4.78, 5) is 21.8. The van der Waals surface area contributed by atoms with Crippen molar-refractivity contribution in [2.75, 3.05) is 0 Å². The first kappa shape index (κ1) is 29.6. The van der Waals surface area contributed by atoms with E-state index in [-0.39, 0.29) is 17.1 Å². The van der Waals surface area contributed by atoms with E-state index in [4.69, 9.17) is 14.9 Å². The third-order valence-electron chi connectivity index (χ3n) is 4.86. The molecule has 4 nitrogen and oxygen atoms in total. The molecule has 0 aliphatic heterocycles. The van der Waals surface area contributed by atoms with E-state index in [1.807, 2.05) is 0 Å². The Hall–Kier alpha value is -0.610. The molecule has 0 fully saturated rings. The fourth-order valence-corrected chi connectivity index (χ4v) is 3.17. The van der Waals surface area contributed by atoms with Gasteiger partial charge in [0.25, 0.3) is 0 Å². The first-order chi connectivity index (χ1) is 13.0. The fraction of sp³-hybridized carbons (Fsp3) is 0.958. The standard InChI is InChI=1S/C12H26O2.C12H24O2/c1-7-9-11(3,4)13-14-12(5,6)10-8-2;1-3-5-7-8-10-11(12(13)14)9-6-4-2/h7-10H2,1-6H3;11H,3-10H2,1-2H3,(H,13,14).